The van der Waals surface area contributed by atoms with Gasteiger partial charge in [0.1, 0.15) is 11.4 Å². The van der Waals surface area contributed by atoms with E-state index in [9.17, 15) is 14.4 Å². The Morgan fingerprint density at radius 2 is 1.95 bits per heavy atom. The lowest BCUT2D eigenvalue weighted by Crippen LogP contribution is -2.46. The minimum atomic E-state index is -0.474. The summed E-state index contributed by atoms with van der Waals surface area (Å²) in [6, 6.07) is 0. The lowest BCUT2D eigenvalue weighted by Gasteiger charge is -2.34. The molecular weight excluding hydrogens is 288 g/mol. The van der Waals surface area contributed by atoms with Gasteiger partial charge >= 0.3 is 5.97 Å². The second kappa shape index (κ2) is 7.40. The van der Waals surface area contributed by atoms with Gasteiger partial charge in [-0.3, -0.25) is 14.4 Å². The molecule has 1 aliphatic heterocycles. The fraction of sp³-hybridized carbons (Fsp3) is 0.667. The molecule has 1 aromatic carbocycles. The minimum Gasteiger partial charge on any atom is -0.466 e. The molecule has 1 heterocycles. The van der Waals surface area contributed by atoms with E-state index in [0.29, 0.717) is 57.1 Å². The Morgan fingerprint density at radius 3 is 2.55 bits per heavy atom. The monoisotopic (exact) mass is 310 g/mol. The molecule has 1 aromatic rings. The van der Waals surface area contributed by atoms with E-state index in [1.165, 1.54) is 0 Å². The van der Waals surface area contributed by atoms with Gasteiger partial charge in [-0.25, -0.2) is 0 Å². The minimum absolute atomic E-state index is 0.118. The van der Waals surface area contributed by atoms with Crippen molar-refractivity contribution in [3.8, 4) is 0 Å². The smallest absolute Gasteiger partial charge is 0.309 e. The Bertz CT molecular complexity index is 583. The maximum absolute atomic E-state index is 11.8. The van der Waals surface area contributed by atoms with Crippen molar-refractivity contribution in [3.05, 3.63) is 20.4 Å². The van der Waals surface area contributed by atoms with Gasteiger partial charge < -0.3 is 19.7 Å². The Hall–Kier alpha value is -1.89. The van der Waals surface area contributed by atoms with Gasteiger partial charge in [0, 0.05) is 26.7 Å². The second-order valence-corrected chi connectivity index (χ2v) is 5.31. The number of rotatable bonds is 7. The number of piperidine rings is 1. The summed E-state index contributed by atoms with van der Waals surface area (Å²) in [7, 11) is 1.57. The lowest BCUT2D eigenvalue weighted by atomic mass is 9.96. The van der Waals surface area contributed by atoms with Crippen LogP contribution in [0.25, 0.3) is 0 Å². The molecule has 22 heavy (non-hydrogen) atoms. The summed E-state index contributed by atoms with van der Waals surface area (Å²) in [5.41, 5.74) is -0.104. The summed E-state index contributed by atoms with van der Waals surface area (Å²) in [6.45, 7) is 4.26. The third-order valence-corrected chi connectivity index (χ3v) is 3.92. The van der Waals surface area contributed by atoms with E-state index in [4.69, 9.17) is 9.47 Å². The lowest BCUT2D eigenvalue weighted by molar-refractivity contribution is -0.148. The topological polar surface area (TPSA) is 84.9 Å². The molecule has 0 aliphatic carbocycles. The predicted molar refractivity (Wildman–Crippen MR) is 83.3 cm³/mol. The second-order valence-electron chi connectivity index (χ2n) is 5.31. The van der Waals surface area contributed by atoms with Crippen molar-refractivity contribution in [1.29, 1.82) is 0 Å². The number of hydrogen-bond acceptors (Lipinski definition) is 7. The zero-order valence-electron chi connectivity index (χ0n) is 13.0. The Morgan fingerprint density at radius 1 is 1.27 bits per heavy atom. The first kappa shape index (κ1) is 16.5. The molecule has 0 aromatic heterocycles. The third kappa shape index (κ3) is 3.30. The molecule has 0 bridgehead atoms. The number of carbonyl (C=O) groups is 1. The van der Waals surface area contributed by atoms with Crippen LogP contribution in [0.4, 0.5) is 11.4 Å². The molecule has 0 spiro atoms. The Balaban J connectivity index is 1.97. The molecule has 7 heteroatoms. The van der Waals surface area contributed by atoms with Crippen LogP contribution < -0.4 is 21.1 Å². The van der Waals surface area contributed by atoms with E-state index < -0.39 is 10.9 Å². The van der Waals surface area contributed by atoms with E-state index in [-0.39, 0.29) is 11.9 Å². The van der Waals surface area contributed by atoms with Crippen LogP contribution in [-0.2, 0) is 14.3 Å². The number of methoxy groups -OCH3 is 1. The van der Waals surface area contributed by atoms with E-state index in [1.807, 2.05) is 4.90 Å². The Labute approximate surface area is 128 Å². The summed E-state index contributed by atoms with van der Waals surface area (Å²) < 4.78 is 9.95. The molecule has 1 fully saturated rings. The van der Waals surface area contributed by atoms with Crippen LogP contribution in [0.5, 0.6) is 0 Å². The van der Waals surface area contributed by atoms with Crippen LogP contribution in [0.3, 0.4) is 0 Å². The molecule has 122 valence electrons. The van der Waals surface area contributed by atoms with Crippen molar-refractivity contribution in [3.63, 3.8) is 0 Å². The predicted octanol–water partition coefficient (Wildman–Crippen LogP) is 0.120. The number of esters is 1. The van der Waals surface area contributed by atoms with Gasteiger partial charge in [0.05, 0.1) is 19.1 Å². The van der Waals surface area contributed by atoms with Crippen LogP contribution in [0.1, 0.15) is 19.8 Å². The summed E-state index contributed by atoms with van der Waals surface area (Å²) in [6.07, 6.45) is 1.27. The van der Waals surface area contributed by atoms with Crippen LogP contribution in [0.15, 0.2) is 9.59 Å². The van der Waals surface area contributed by atoms with E-state index >= 15 is 0 Å². The SMILES string of the molecule is CCOC(=O)C1CCN(c2c(NCCOC)c(=O)c2=O)CC1. The van der Waals surface area contributed by atoms with E-state index in [1.54, 1.807) is 14.0 Å². The fourth-order valence-corrected chi connectivity index (χ4v) is 2.72. The van der Waals surface area contributed by atoms with Gasteiger partial charge in [0.25, 0.3) is 10.9 Å². The zero-order valence-corrected chi connectivity index (χ0v) is 13.0. The van der Waals surface area contributed by atoms with Crippen LogP contribution >= 0.6 is 0 Å². The molecule has 0 atom stereocenters. The first-order valence-electron chi connectivity index (χ1n) is 7.57. The molecular formula is C15H22N2O5. The average molecular weight is 310 g/mol. The van der Waals surface area contributed by atoms with Crippen LogP contribution in [0, 0.1) is 5.92 Å². The van der Waals surface area contributed by atoms with Crippen molar-refractivity contribution in [2.75, 3.05) is 50.2 Å². The molecule has 2 rings (SSSR count). The number of hydrogen-bond donors (Lipinski definition) is 1. The highest BCUT2D eigenvalue weighted by molar-refractivity contribution is 5.76. The van der Waals surface area contributed by atoms with Gasteiger partial charge in [-0.05, 0) is 19.8 Å². The van der Waals surface area contributed by atoms with E-state index in [0.717, 1.165) is 0 Å². The first-order chi connectivity index (χ1) is 10.6. The molecule has 0 unspecified atom stereocenters. The number of ether oxygens (including phenoxy) is 2. The zero-order chi connectivity index (χ0) is 16.1. The molecule has 0 radical (unpaired) electrons. The molecule has 7 nitrogen and oxygen atoms in total. The van der Waals surface area contributed by atoms with Crippen molar-refractivity contribution >= 4 is 17.3 Å². The standard InChI is InChI=1S/C15H22N2O5/c1-3-22-15(20)10-4-7-17(8-5-10)12-11(13(18)14(12)19)16-6-9-21-2/h10,16H,3-9H2,1-2H3. The third-order valence-electron chi connectivity index (χ3n) is 3.92. The maximum atomic E-state index is 11.8. The molecule has 1 saturated heterocycles. The van der Waals surface area contributed by atoms with Crippen molar-refractivity contribution in [1.82, 2.24) is 0 Å². The summed E-state index contributed by atoms with van der Waals surface area (Å²) in [5.74, 6) is -0.293. The summed E-state index contributed by atoms with van der Waals surface area (Å²) in [4.78, 5) is 37.1. The van der Waals surface area contributed by atoms with Gasteiger partial charge in [-0.15, -0.1) is 0 Å². The number of nitrogens with zero attached hydrogens (tertiary/aromatic N) is 1. The number of nitrogens with one attached hydrogen (secondary N) is 1. The quantitative estimate of drug-likeness (QED) is 0.435. The largest absolute Gasteiger partial charge is 0.466 e. The number of carbonyl (C=O) groups excluding carboxylic acids is 1. The fourth-order valence-electron chi connectivity index (χ4n) is 2.72. The highest BCUT2D eigenvalue weighted by atomic mass is 16.5. The molecule has 1 aliphatic rings. The van der Waals surface area contributed by atoms with Crippen molar-refractivity contribution < 1.29 is 14.3 Å². The highest BCUT2D eigenvalue weighted by Crippen LogP contribution is 2.26. The number of anilines is 2. The van der Waals surface area contributed by atoms with E-state index in [2.05, 4.69) is 5.32 Å². The van der Waals surface area contributed by atoms with Crippen LogP contribution in [-0.4, -0.2) is 45.9 Å². The molecule has 1 N–H and O–H groups in total. The summed E-state index contributed by atoms with van der Waals surface area (Å²) in [5, 5.41) is 2.95. The molecule has 0 saturated carbocycles. The average Bonchev–Trinajstić information content (AvgIpc) is 2.54. The first-order valence-corrected chi connectivity index (χ1v) is 7.57. The van der Waals surface area contributed by atoms with Crippen molar-refractivity contribution in [2.45, 2.75) is 19.8 Å². The van der Waals surface area contributed by atoms with Gasteiger partial charge in [0.2, 0.25) is 0 Å². The highest BCUT2D eigenvalue weighted by Gasteiger charge is 2.31. The maximum Gasteiger partial charge on any atom is 0.309 e. The van der Waals surface area contributed by atoms with Crippen molar-refractivity contribution in [2.24, 2.45) is 5.92 Å². The summed E-state index contributed by atoms with van der Waals surface area (Å²) >= 11 is 0. The Kier molecular flexibility index (Phi) is 5.54. The van der Waals surface area contributed by atoms with Crippen LogP contribution in [0.2, 0.25) is 0 Å². The molecule has 0 amide bonds. The van der Waals surface area contributed by atoms with Gasteiger partial charge in [-0.2, -0.15) is 0 Å². The van der Waals surface area contributed by atoms with Gasteiger partial charge in [0.15, 0.2) is 0 Å². The normalized spacial score (nSPS) is 16.0. The van der Waals surface area contributed by atoms with Gasteiger partial charge in [-0.1, -0.05) is 0 Å².